The zero-order valence-electron chi connectivity index (χ0n) is 12.9. The summed E-state index contributed by atoms with van der Waals surface area (Å²) in [7, 11) is 0. The second-order valence-electron chi connectivity index (χ2n) is 6.61. The molecule has 2 heteroatoms. The Morgan fingerprint density at radius 2 is 1.68 bits per heavy atom. The van der Waals surface area contributed by atoms with Crippen molar-refractivity contribution in [1.29, 1.82) is 0 Å². The number of hydrogen-bond donors (Lipinski definition) is 1. The lowest BCUT2D eigenvalue weighted by Crippen LogP contribution is -2.46. The van der Waals surface area contributed by atoms with Gasteiger partial charge >= 0.3 is 0 Å². The molecule has 0 aliphatic carbocycles. The molecule has 1 atom stereocenters. The average molecular weight is 293 g/mol. The Labute approximate surface area is 132 Å². The van der Waals surface area contributed by atoms with Crippen LogP contribution in [0.3, 0.4) is 0 Å². The van der Waals surface area contributed by atoms with Crippen LogP contribution < -0.4 is 5.32 Å². The van der Waals surface area contributed by atoms with E-state index in [2.05, 4.69) is 59.9 Å². The van der Waals surface area contributed by atoms with Crippen LogP contribution in [0.4, 0.5) is 0 Å². The fourth-order valence-electron chi connectivity index (χ4n) is 4.00. The van der Waals surface area contributed by atoms with Crippen LogP contribution in [0.15, 0.2) is 54.6 Å². The number of piperidine rings is 1. The van der Waals surface area contributed by atoms with Crippen LogP contribution in [0, 0.1) is 0 Å². The van der Waals surface area contributed by atoms with Crippen molar-refractivity contribution in [2.24, 2.45) is 0 Å². The zero-order valence-corrected chi connectivity index (χ0v) is 12.9. The molecule has 2 nitrogen and oxygen atoms in total. The predicted octanol–water partition coefficient (Wildman–Crippen LogP) is 3.62. The van der Waals surface area contributed by atoms with Gasteiger partial charge in [-0.05, 0) is 42.6 Å². The number of fused-ring (bicyclic) bond motifs is 2. The average Bonchev–Trinajstić information content (AvgIpc) is 2.60. The summed E-state index contributed by atoms with van der Waals surface area (Å²) in [6.45, 7) is 3.06. The standard InChI is InChI=1S/C20H23NO/c1-2-6-16(7-3-1)14-19-17-8-4-5-9-18(17)20(15-22-19)10-12-21-13-11-20/h1-9,19,21H,10-15H2. The topological polar surface area (TPSA) is 21.3 Å². The molecule has 114 valence electrons. The third-order valence-electron chi connectivity index (χ3n) is 5.26. The molecule has 4 rings (SSSR count). The molecule has 0 bridgehead atoms. The van der Waals surface area contributed by atoms with Crippen LogP contribution in [-0.4, -0.2) is 19.7 Å². The molecule has 2 aliphatic heterocycles. The summed E-state index contributed by atoms with van der Waals surface area (Å²) < 4.78 is 6.37. The molecule has 2 aromatic carbocycles. The Bertz CT molecular complexity index is 631. The van der Waals surface area contributed by atoms with E-state index in [-0.39, 0.29) is 11.5 Å². The van der Waals surface area contributed by atoms with Crippen molar-refractivity contribution in [3.63, 3.8) is 0 Å². The number of benzene rings is 2. The molecule has 1 fully saturated rings. The largest absolute Gasteiger partial charge is 0.372 e. The molecule has 22 heavy (non-hydrogen) atoms. The monoisotopic (exact) mass is 293 g/mol. The maximum absolute atomic E-state index is 6.37. The summed E-state index contributed by atoms with van der Waals surface area (Å²) in [6, 6.07) is 19.6. The summed E-state index contributed by atoms with van der Waals surface area (Å²) >= 11 is 0. The van der Waals surface area contributed by atoms with E-state index in [4.69, 9.17) is 4.74 Å². The number of hydrogen-bond acceptors (Lipinski definition) is 2. The first-order valence-electron chi connectivity index (χ1n) is 8.33. The molecule has 2 heterocycles. The van der Waals surface area contributed by atoms with E-state index in [0.717, 1.165) is 26.1 Å². The molecule has 1 N–H and O–H groups in total. The molecule has 1 unspecified atom stereocenters. The van der Waals surface area contributed by atoms with Gasteiger partial charge in [0.25, 0.3) is 0 Å². The molecule has 0 saturated carbocycles. The lowest BCUT2D eigenvalue weighted by molar-refractivity contribution is -0.0118. The highest BCUT2D eigenvalue weighted by atomic mass is 16.5. The smallest absolute Gasteiger partial charge is 0.0868 e. The van der Waals surface area contributed by atoms with E-state index in [1.165, 1.54) is 29.5 Å². The molecule has 2 aliphatic rings. The van der Waals surface area contributed by atoms with E-state index in [9.17, 15) is 0 Å². The first-order chi connectivity index (χ1) is 10.9. The van der Waals surface area contributed by atoms with Gasteiger partial charge in [0.15, 0.2) is 0 Å². The molecule has 0 amide bonds. The molecule has 1 saturated heterocycles. The van der Waals surface area contributed by atoms with Crippen molar-refractivity contribution < 1.29 is 4.74 Å². The zero-order chi connectivity index (χ0) is 14.8. The fourth-order valence-corrected chi connectivity index (χ4v) is 4.00. The summed E-state index contributed by atoms with van der Waals surface area (Å²) in [5.74, 6) is 0. The molecule has 2 aromatic rings. The third-order valence-corrected chi connectivity index (χ3v) is 5.26. The van der Waals surface area contributed by atoms with Gasteiger partial charge in [-0.1, -0.05) is 54.6 Å². The number of ether oxygens (including phenoxy) is 1. The van der Waals surface area contributed by atoms with Gasteiger partial charge < -0.3 is 10.1 Å². The highest BCUT2D eigenvalue weighted by Gasteiger charge is 2.41. The lowest BCUT2D eigenvalue weighted by Gasteiger charge is -2.44. The summed E-state index contributed by atoms with van der Waals surface area (Å²) in [6.07, 6.45) is 3.52. The third kappa shape index (κ3) is 2.47. The number of nitrogens with one attached hydrogen (secondary N) is 1. The van der Waals surface area contributed by atoms with Crippen LogP contribution >= 0.6 is 0 Å². The maximum Gasteiger partial charge on any atom is 0.0868 e. The first-order valence-corrected chi connectivity index (χ1v) is 8.33. The van der Waals surface area contributed by atoms with Crippen molar-refractivity contribution in [3.8, 4) is 0 Å². The van der Waals surface area contributed by atoms with Gasteiger partial charge in [0.2, 0.25) is 0 Å². The molecule has 1 spiro atoms. The Morgan fingerprint density at radius 3 is 2.50 bits per heavy atom. The van der Waals surface area contributed by atoms with Crippen LogP contribution in [0.25, 0.3) is 0 Å². The van der Waals surface area contributed by atoms with Gasteiger partial charge in [0.1, 0.15) is 0 Å². The Balaban J connectivity index is 1.67. The van der Waals surface area contributed by atoms with E-state index in [1.54, 1.807) is 0 Å². The van der Waals surface area contributed by atoms with Gasteiger partial charge in [-0.2, -0.15) is 0 Å². The normalized spacial score (nSPS) is 23.2. The quantitative estimate of drug-likeness (QED) is 0.913. The minimum atomic E-state index is 0.194. The minimum Gasteiger partial charge on any atom is -0.372 e. The minimum absolute atomic E-state index is 0.194. The van der Waals surface area contributed by atoms with E-state index < -0.39 is 0 Å². The van der Waals surface area contributed by atoms with Gasteiger partial charge in [-0.3, -0.25) is 0 Å². The molecule has 0 aromatic heterocycles. The van der Waals surface area contributed by atoms with Gasteiger partial charge in [0, 0.05) is 11.8 Å². The summed E-state index contributed by atoms with van der Waals surface area (Å²) in [5, 5.41) is 3.48. The highest BCUT2D eigenvalue weighted by Crippen LogP contribution is 2.44. The maximum atomic E-state index is 6.37. The second kappa shape index (κ2) is 5.86. The van der Waals surface area contributed by atoms with Crippen molar-refractivity contribution >= 4 is 0 Å². The highest BCUT2D eigenvalue weighted by molar-refractivity contribution is 5.39. The van der Waals surface area contributed by atoms with Crippen molar-refractivity contribution in [1.82, 2.24) is 5.32 Å². The fraction of sp³-hybridized carbons (Fsp3) is 0.400. The van der Waals surface area contributed by atoms with Crippen molar-refractivity contribution in [3.05, 3.63) is 71.3 Å². The van der Waals surface area contributed by atoms with Crippen molar-refractivity contribution in [2.75, 3.05) is 19.7 Å². The van der Waals surface area contributed by atoms with Crippen LogP contribution in [0.1, 0.15) is 35.6 Å². The molecular weight excluding hydrogens is 270 g/mol. The molecular formula is C20H23NO. The van der Waals surface area contributed by atoms with E-state index in [0.29, 0.717) is 0 Å². The lowest BCUT2D eigenvalue weighted by atomic mass is 9.69. The predicted molar refractivity (Wildman–Crippen MR) is 89.1 cm³/mol. The second-order valence-corrected chi connectivity index (χ2v) is 6.61. The van der Waals surface area contributed by atoms with Crippen LogP contribution in [0.5, 0.6) is 0 Å². The number of rotatable bonds is 2. The SMILES string of the molecule is c1ccc(CC2OCC3(CCNCC3)c3ccccc32)cc1. The van der Waals surface area contributed by atoms with Crippen LogP contribution in [0.2, 0.25) is 0 Å². The van der Waals surface area contributed by atoms with Gasteiger partial charge in [-0.15, -0.1) is 0 Å². The first kappa shape index (κ1) is 14.0. The summed E-state index contributed by atoms with van der Waals surface area (Å²) in [5.41, 5.74) is 4.52. The molecule has 0 radical (unpaired) electrons. The summed E-state index contributed by atoms with van der Waals surface area (Å²) in [4.78, 5) is 0. The van der Waals surface area contributed by atoms with Gasteiger partial charge in [0.05, 0.1) is 12.7 Å². The Kier molecular flexibility index (Phi) is 3.73. The van der Waals surface area contributed by atoms with E-state index in [1.807, 2.05) is 0 Å². The van der Waals surface area contributed by atoms with Crippen molar-refractivity contribution in [2.45, 2.75) is 30.8 Å². The van der Waals surface area contributed by atoms with E-state index >= 15 is 0 Å². The Hall–Kier alpha value is -1.64. The van der Waals surface area contributed by atoms with Crippen LogP contribution in [-0.2, 0) is 16.6 Å². The van der Waals surface area contributed by atoms with Gasteiger partial charge in [-0.25, -0.2) is 0 Å². The Morgan fingerprint density at radius 1 is 0.955 bits per heavy atom.